The molecule has 0 aliphatic carbocycles. The van der Waals surface area contributed by atoms with E-state index in [-0.39, 0.29) is 0 Å². The second-order valence-electron chi connectivity index (χ2n) is 4.07. The first-order valence-electron chi connectivity index (χ1n) is 5.94. The summed E-state index contributed by atoms with van der Waals surface area (Å²) in [7, 11) is 3.20. The van der Waals surface area contributed by atoms with Crippen LogP contribution < -0.4 is 9.47 Å². The van der Waals surface area contributed by atoms with E-state index in [1.165, 1.54) is 11.3 Å². The molecule has 0 spiro atoms. The van der Waals surface area contributed by atoms with Gasteiger partial charge >= 0.3 is 0 Å². The number of ether oxygens (including phenoxy) is 2. The van der Waals surface area contributed by atoms with Gasteiger partial charge in [-0.1, -0.05) is 0 Å². The number of hydrogen-bond donors (Lipinski definition) is 0. The lowest BCUT2D eigenvalue weighted by Crippen LogP contribution is -1.90. The summed E-state index contributed by atoms with van der Waals surface area (Å²) in [5.74, 6) is 1.40. The van der Waals surface area contributed by atoms with Crippen LogP contribution in [-0.4, -0.2) is 19.2 Å². The molecule has 2 aromatic rings. The van der Waals surface area contributed by atoms with Crippen LogP contribution >= 0.6 is 11.3 Å². The Kier molecular flexibility index (Phi) is 4.38. The van der Waals surface area contributed by atoms with E-state index in [0.29, 0.717) is 22.1 Å². The fourth-order valence-corrected chi connectivity index (χ4v) is 2.49. The molecular weight excluding hydrogens is 272 g/mol. The second kappa shape index (κ2) is 6.22. The van der Waals surface area contributed by atoms with Crippen molar-refractivity contribution in [3.8, 4) is 17.6 Å². The second-order valence-corrected chi connectivity index (χ2v) is 4.93. The Morgan fingerprint density at radius 3 is 2.70 bits per heavy atom. The summed E-state index contributed by atoms with van der Waals surface area (Å²) in [5, 5.41) is 11.9. The molecule has 0 saturated carbocycles. The number of benzene rings is 1. The van der Waals surface area contributed by atoms with Crippen molar-refractivity contribution in [2.75, 3.05) is 14.2 Å². The predicted octanol–water partition coefficient (Wildman–Crippen LogP) is 3.53. The van der Waals surface area contributed by atoms with Crippen molar-refractivity contribution in [1.82, 2.24) is 4.98 Å². The van der Waals surface area contributed by atoms with E-state index >= 15 is 0 Å². The Bertz CT molecular complexity index is 683. The van der Waals surface area contributed by atoms with Gasteiger partial charge in [0.25, 0.3) is 0 Å². The average Bonchev–Trinajstić information content (AvgIpc) is 2.90. The van der Waals surface area contributed by atoms with Gasteiger partial charge in [-0.3, -0.25) is 0 Å². The van der Waals surface area contributed by atoms with Crippen molar-refractivity contribution < 1.29 is 9.47 Å². The molecule has 0 fully saturated rings. The normalized spacial score (nSPS) is 11.0. The van der Waals surface area contributed by atoms with E-state index in [0.717, 1.165) is 11.3 Å². The smallest absolute Gasteiger partial charge is 0.134 e. The number of aromatic nitrogens is 1. The Morgan fingerprint density at radius 2 is 2.15 bits per heavy atom. The molecule has 0 aliphatic heterocycles. The van der Waals surface area contributed by atoms with Crippen molar-refractivity contribution in [3.63, 3.8) is 0 Å². The standard InChI is InChI=1S/C15H14N2O2S/c1-10-9-20-15(17-10)12(8-16)6-11-7-13(18-2)4-5-14(11)19-3/h4-7,9H,1-3H3/b12-6+. The topological polar surface area (TPSA) is 55.1 Å². The van der Waals surface area contributed by atoms with Crippen molar-refractivity contribution in [3.05, 3.63) is 39.8 Å². The zero-order valence-electron chi connectivity index (χ0n) is 11.5. The van der Waals surface area contributed by atoms with Crippen molar-refractivity contribution in [1.29, 1.82) is 5.26 Å². The van der Waals surface area contributed by atoms with Gasteiger partial charge in [-0.2, -0.15) is 5.26 Å². The van der Waals surface area contributed by atoms with Gasteiger partial charge in [0, 0.05) is 16.6 Å². The molecular formula is C15H14N2O2S. The average molecular weight is 286 g/mol. The van der Waals surface area contributed by atoms with Crippen molar-refractivity contribution in [2.45, 2.75) is 6.92 Å². The highest BCUT2D eigenvalue weighted by Crippen LogP contribution is 2.29. The van der Waals surface area contributed by atoms with Gasteiger partial charge in [-0.05, 0) is 31.2 Å². The van der Waals surface area contributed by atoms with Crippen LogP contribution in [0.25, 0.3) is 11.6 Å². The minimum atomic E-state index is 0.509. The van der Waals surface area contributed by atoms with E-state index in [1.54, 1.807) is 20.3 Å². The summed E-state index contributed by atoms with van der Waals surface area (Å²) in [6, 6.07) is 7.64. The van der Waals surface area contributed by atoms with Crippen LogP contribution in [0, 0.1) is 18.3 Å². The number of methoxy groups -OCH3 is 2. The number of allylic oxidation sites excluding steroid dienone is 1. The van der Waals surface area contributed by atoms with Crippen LogP contribution in [0.2, 0.25) is 0 Å². The molecule has 2 rings (SSSR count). The van der Waals surface area contributed by atoms with Crippen molar-refractivity contribution >= 4 is 23.0 Å². The maximum absolute atomic E-state index is 9.32. The number of aryl methyl sites for hydroxylation is 1. The molecule has 102 valence electrons. The summed E-state index contributed by atoms with van der Waals surface area (Å²) in [5.41, 5.74) is 2.20. The number of hydrogen-bond acceptors (Lipinski definition) is 5. The molecule has 0 unspecified atom stereocenters. The third kappa shape index (κ3) is 2.98. The van der Waals surface area contributed by atoms with E-state index < -0.39 is 0 Å². The van der Waals surface area contributed by atoms with Crippen LogP contribution in [0.5, 0.6) is 11.5 Å². The minimum absolute atomic E-state index is 0.509. The largest absolute Gasteiger partial charge is 0.497 e. The summed E-state index contributed by atoms with van der Waals surface area (Å²) in [6.45, 7) is 1.90. The van der Waals surface area contributed by atoms with Crippen LogP contribution in [0.4, 0.5) is 0 Å². The van der Waals surface area contributed by atoms with Crippen molar-refractivity contribution in [2.24, 2.45) is 0 Å². The number of nitriles is 1. The molecule has 0 saturated heterocycles. The van der Waals surface area contributed by atoms with E-state index in [9.17, 15) is 5.26 Å². The molecule has 0 aliphatic rings. The Morgan fingerprint density at radius 1 is 1.35 bits per heavy atom. The Balaban J connectivity index is 2.49. The minimum Gasteiger partial charge on any atom is -0.497 e. The maximum atomic E-state index is 9.32. The molecule has 1 aromatic carbocycles. The lowest BCUT2D eigenvalue weighted by Gasteiger charge is -2.07. The molecule has 0 amide bonds. The van der Waals surface area contributed by atoms with Crippen LogP contribution in [0.1, 0.15) is 16.3 Å². The predicted molar refractivity (Wildman–Crippen MR) is 79.9 cm³/mol. The zero-order chi connectivity index (χ0) is 14.5. The molecule has 0 bridgehead atoms. The molecule has 0 N–H and O–H groups in total. The highest BCUT2D eigenvalue weighted by Gasteiger charge is 2.09. The molecule has 1 aromatic heterocycles. The number of nitrogens with zero attached hydrogens (tertiary/aromatic N) is 2. The van der Waals surface area contributed by atoms with E-state index in [4.69, 9.17) is 9.47 Å². The van der Waals surface area contributed by atoms with Gasteiger partial charge in [0.2, 0.25) is 0 Å². The lowest BCUT2D eigenvalue weighted by atomic mass is 10.1. The van der Waals surface area contributed by atoms with Gasteiger partial charge in [0.15, 0.2) is 0 Å². The number of rotatable bonds is 4. The molecule has 0 atom stereocenters. The summed E-state index contributed by atoms with van der Waals surface area (Å²) in [6.07, 6.45) is 1.76. The summed E-state index contributed by atoms with van der Waals surface area (Å²) in [4.78, 5) is 4.33. The Labute approximate surface area is 121 Å². The maximum Gasteiger partial charge on any atom is 0.134 e. The first kappa shape index (κ1) is 14.1. The SMILES string of the molecule is COc1ccc(OC)c(/C=C(\C#N)c2nc(C)cs2)c1. The monoisotopic (exact) mass is 286 g/mol. The first-order valence-corrected chi connectivity index (χ1v) is 6.82. The molecule has 5 heteroatoms. The third-order valence-corrected chi connectivity index (χ3v) is 3.70. The van der Waals surface area contributed by atoms with Gasteiger partial charge in [-0.25, -0.2) is 4.98 Å². The quantitative estimate of drug-likeness (QED) is 0.807. The highest BCUT2D eigenvalue weighted by atomic mass is 32.1. The first-order chi connectivity index (χ1) is 9.67. The number of thiazole rings is 1. The van der Waals surface area contributed by atoms with E-state index in [2.05, 4.69) is 11.1 Å². The van der Waals surface area contributed by atoms with Gasteiger partial charge in [0.1, 0.15) is 22.6 Å². The lowest BCUT2D eigenvalue weighted by molar-refractivity contribution is 0.402. The van der Waals surface area contributed by atoms with Gasteiger partial charge in [-0.15, -0.1) is 11.3 Å². The van der Waals surface area contributed by atoms with Gasteiger partial charge < -0.3 is 9.47 Å². The molecule has 1 heterocycles. The zero-order valence-corrected chi connectivity index (χ0v) is 12.3. The molecule has 4 nitrogen and oxygen atoms in total. The summed E-state index contributed by atoms with van der Waals surface area (Å²) < 4.78 is 10.5. The van der Waals surface area contributed by atoms with Crippen LogP contribution in [-0.2, 0) is 0 Å². The van der Waals surface area contributed by atoms with Gasteiger partial charge in [0.05, 0.1) is 19.8 Å². The van der Waals surface area contributed by atoms with Crippen LogP contribution in [0.15, 0.2) is 23.6 Å². The molecule has 0 radical (unpaired) electrons. The van der Waals surface area contributed by atoms with Crippen LogP contribution in [0.3, 0.4) is 0 Å². The fraction of sp³-hybridized carbons (Fsp3) is 0.200. The Hall–Kier alpha value is -2.32. The summed E-state index contributed by atoms with van der Waals surface area (Å²) >= 11 is 1.45. The molecule has 20 heavy (non-hydrogen) atoms. The third-order valence-electron chi connectivity index (χ3n) is 2.71. The van der Waals surface area contributed by atoms with E-state index in [1.807, 2.05) is 30.5 Å². The fourth-order valence-electron chi connectivity index (χ4n) is 1.73. The highest BCUT2D eigenvalue weighted by molar-refractivity contribution is 7.11.